The maximum atomic E-state index is 10.3. The van der Waals surface area contributed by atoms with Crippen LogP contribution >= 0.6 is 0 Å². The van der Waals surface area contributed by atoms with Crippen molar-refractivity contribution in [2.24, 2.45) is 7.05 Å². The molecule has 6 rings (SSSR count). The fourth-order valence-corrected chi connectivity index (χ4v) is 5.64. The number of furan rings is 1. The lowest BCUT2D eigenvalue weighted by molar-refractivity contribution is -0.660. The first-order valence-electron chi connectivity index (χ1n) is 14.8. The van der Waals surface area contributed by atoms with E-state index in [1.165, 1.54) is 0 Å². The van der Waals surface area contributed by atoms with Crippen LogP contribution < -0.4 is 4.57 Å². The minimum Gasteiger partial charge on any atom is -0.454 e. The number of nitriles is 1. The van der Waals surface area contributed by atoms with Gasteiger partial charge >= 0.3 is 0 Å². The largest absolute Gasteiger partial charge is 0.454 e. The molecule has 0 aliphatic heterocycles. The van der Waals surface area contributed by atoms with Crippen molar-refractivity contribution in [3.05, 3.63) is 88.6 Å². The van der Waals surface area contributed by atoms with Gasteiger partial charge in [-0.25, -0.2) is 4.57 Å². The minimum absolute atomic E-state index is 0.0550. The maximum absolute atomic E-state index is 10.3. The second kappa shape index (κ2) is 8.60. The van der Waals surface area contributed by atoms with Gasteiger partial charge in [0.1, 0.15) is 18.2 Å². The molecule has 1 aliphatic rings. The second-order valence-corrected chi connectivity index (χ2v) is 10.9. The molecule has 37 heavy (non-hydrogen) atoms. The van der Waals surface area contributed by atoms with E-state index in [0.717, 1.165) is 33.2 Å². The lowest BCUT2D eigenvalue weighted by atomic mass is 9.75. The highest BCUT2D eigenvalue weighted by Crippen LogP contribution is 2.45. The highest BCUT2D eigenvalue weighted by atomic mass is 16.3. The molecule has 3 aromatic carbocycles. The van der Waals surface area contributed by atoms with Crippen molar-refractivity contribution in [2.75, 3.05) is 0 Å². The fourth-order valence-electron chi connectivity index (χ4n) is 5.64. The van der Waals surface area contributed by atoms with Crippen LogP contribution in [0.1, 0.15) is 66.9 Å². The predicted molar refractivity (Wildman–Crippen MR) is 151 cm³/mol. The van der Waals surface area contributed by atoms with Crippen molar-refractivity contribution < 1.29 is 14.5 Å². The van der Waals surface area contributed by atoms with E-state index in [1.807, 2.05) is 70.4 Å². The normalized spacial score (nSPS) is 17.9. The van der Waals surface area contributed by atoms with E-state index in [4.69, 9.17) is 9.90 Å². The number of nitrogens with zero attached hydrogens (tertiary/aromatic N) is 2. The Morgan fingerprint density at radius 2 is 1.59 bits per heavy atom. The van der Waals surface area contributed by atoms with Crippen LogP contribution in [0, 0.1) is 18.3 Å². The first kappa shape index (κ1) is 19.2. The first-order chi connectivity index (χ1) is 19.3. The molecule has 0 saturated heterocycles. The number of aromatic nitrogens is 1. The average molecular weight is 490 g/mol. The van der Waals surface area contributed by atoms with E-state index < -0.39 is 18.2 Å². The van der Waals surface area contributed by atoms with Crippen molar-refractivity contribution in [1.82, 2.24) is 0 Å². The third-order valence-corrected chi connectivity index (χ3v) is 7.46. The van der Waals surface area contributed by atoms with Gasteiger partial charge in [-0.2, -0.15) is 5.26 Å². The molecule has 2 heterocycles. The van der Waals surface area contributed by atoms with Crippen LogP contribution in [-0.2, 0) is 25.2 Å². The summed E-state index contributed by atoms with van der Waals surface area (Å²) in [6, 6.07) is 19.9. The predicted octanol–water partition coefficient (Wildman–Crippen LogP) is 8.10. The lowest BCUT2D eigenvalue weighted by Crippen LogP contribution is -2.30. The molecule has 0 radical (unpaired) electrons. The third-order valence-electron chi connectivity index (χ3n) is 7.46. The molecule has 184 valence electrons. The molecule has 0 bridgehead atoms. The standard InChI is InChI=1S/C34H33N2O/c1-21-13-15-26-27-16-14-22(20-35)31(33(27)37-32(26)30(21)29-12-8-9-19-36(29)5)25-17-18-28(34(2,3)4)24-11-7-6-10-23(24)25/h8-9,12-19H,6-7,10-11H2,1-5H3/q+1/i10D2,11D2. The summed E-state index contributed by atoms with van der Waals surface area (Å²) in [4.78, 5) is 0. The molecule has 0 spiro atoms. The van der Waals surface area contributed by atoms with Crippen LogP contribution in [0.4, 0.5) is 0 Å². The van der Waals surface area contributed by atoms with Crippen LogP contribution in [0.15, 0.2) is 65.2 Å². The van der Waals surface area contributed by atoms with Gasteiger partial charge in [0.15, 0.2) is 6.20 Å². The number of fused-ring (bicyclic) bond motifs is 4. The molecular weight excluding hydrogens is 452 g/mol. The quantitative estimate of drug-likeness (QED) is 0.235. The van der Waals surface area contributed by atoms with Crippen LogP contribution in [0.5, 0.6) is 0 Å². The van der Waals surface area contributed by atoms with E-state index >= 15 is 0 Å². The van der Waals surface area contributed by atoms with Gasteiger partial charge in [-0.15, -0.1) is 0 Å². The molecule has 0 unspecified atom stereocenters. The molecule has 3 nitrogen and oxygen atoms in total. The summed E-state index contributed by atoms with van der Waals surface area (Å²) in [5.41, 5.74) is 6.75. The maximum Gasteiger partial charge on any atom is 0.216 e. The van der Waals surface area contributed by atoms with E-state index in [2.05, 4.69) is 29.7 Å². The van der Waals surface area contributed by atoms with Gasteiger partial charge in [0, 0.05) is 34.0 Å². The third kappa shape index (κ3) is 3.66. The Morgan fingerprint density at radius 3 is 2.30 bits per heavy atom. The van der Waals surface area contributed by atoms with E-state index in [-0.39, 0.29) is 12.8 Å². The van der Waals surface area contributed by atoms with Crippen LogP contribution in [0.25, 0.3) is 44.3 Å². The van der Waals surface area contributed by atoms with E-state index in [0.29, 0.717) is 39.0 Å². The molecule has 0 N–H and O–H groups in total. The monoisotopic (exact) mass is 489 g/mol. The van der Waals surface area contributed by atoms with Gasteiger partial charge < -0.3 is 4.42 Å². The van der Waals surface area contributed by atoms with Crippen molar-refractivity contribution in [3.8, 4) is 28.5 Å². The highest BCUT2D eigenvalue weighted by molar-refractivity contribution is 6.14. The van der Waals surface area contributed by atoms with Gasteiger partial charge in [0.2, 0.25) is 5.69 Å². The lowest BCUT2D eigenvalue weighted by Gasteiger charge is -2.29. The second-order valence-electron chi connectivity index (χ2n) is 10.9. The van der Waals surface area contributed by atoms with E-state index in [9.17, 15) is 5.26 Å². The molecule has 0 saturated carbocycles. The highest BCUT2D eigenvalue weighted by Gasteiger charge is 2.28. The molecule has 0 amide bonds. The van der Waals surface area contributed by atoms with Crippen LogP contribution in [-0.4, -0.2) is 0 Å². The zero-order valence-electron chi connectivity index (χ0n) is 26.0. The molecule has 2 aromatic heterocycles. The SMILES string of the molecule is [2H]C1([2H])CCC([2H])([2H])c2c(C(C)(C)C)ccc(-c3c(C#N)ccc4c3oc3c(-c5cccc[n+]5C)c(C)ccc34)c21. The Balaban J connectivity index is 1.78. The van der Waals surface area contributed by atoms with Gasteiger partial charge in [-0.1, -0.05) is 45.0 Å². The van der Waals surface area contributed by atoms with Crippen LogP contribution in [0.2, 0.25) is 0 Å². The Morgan fingerprint density at radius 1 is 0.892 bits per heavy atom. The Labute approximate surface area is 224 Å². The zero-order valence-corrected chi connectivity index (χ0v) is 22.0. The Bertz CT molecular complexity index is 1920. The number of pyridine rings is 1. The number of hydrogen-bond acceptors (Lipinski definition) is 2. The van der Waals surface area contributed by atoms with Crippen LogP contribution in [0.3, 0.4) is 0 Å². The van der Waals surface area contributed by atoms with Gasteiger partial charge in [-0.05, 0) is 83.9 Å². The summed E-state index contributed by atoms with van der Waals surface area (Å²) in [5.74, 6) is 0. The summed E-state index contributed by atoms with van der Waals surface area (Å²) in [6.07, 6.45) is -1.34. The molecular formula is C34H33N2O+. The van der Waals surface area contributed by atoms with Gasteiger partial charge in [-0.3, -0.25) is 0 Å². The smallest absolute Gasteiger partial charge is 0.216 e. The Hall–Kier alpha value is -3.90. The summed E-state index contributed by atoms with van der Waals surface area (Å²) >= 11 is 0. The summed E-state index contributed by atoms with van der Waals surface area (Å²) in [6.45, 7) is 8.12. The number of benzene rings is 3. The van der Waals surface area contributed by atoms with Crippen molar-refractivity contribution >= 4 is 21.9 Å². The summed E-state index contributed by atoms with van der Waals surface area (Å²) in [7, 11) is 1.99. The topological polar surface area (TPSA) is 40.8 Å². The number of rotatable bonds is 2. The first-order valence-corrected chi connectivity index (χ1v) is 12.8. The summed E-state index contributed by atoms with van der Waals surface area (Å²) < 4.78 is 45.0. The molecule has 0 atom stereocenters. The van der Waals surface area contributed by atoms with Gasteiger partial charge in [0.25, 0.3) is 0 Å². The van der Waals surface area contributed by atoms with E-state index in [1.54, 1.807) is 6.07 Å². The molecule has 0 fully saturated rings. The van der Waals surface area contributed by atoms with Crippen molar-refractivity contribution in [1.29, 1.82) is 5.26 Å². The average Bonchev–Trinajstić information content (AvgIpc) is 3.28. The fraction of sp³-hybridized carbons (Fsp3) is 0.294. The minimum atomic E-state index is -1.78. The Kier molecular flexibility index (Phi) is 4.47. The van der Waals surface area contributed by atoms with Gasteiger partial charge in [0.05, 0.1) is 17.2 Å². The van der Waals surface area contributed by atoms with Crippen molar-refractivity contribution in [3.63, 3.8) is 0 Å². The van der Waals surface area contributed by atoms with Crippen molar-refractivity contribution in [2.45, 2.75) is 58.7 Å². The summed E-state index contributed by atoms with van der Waals surface area (Å²) in [5, 5.41) is 12.0. The molecule has 5 aromatic rings. The number of aryl methyl sites for hydroxylation is 2. The zero-order chi connectivity index (χ0) is 29.5. The number of hydrogen-bond donors (Lipinski definition) is 0. The molecule has 3 heteroatoms. The molecule has 1 aliphatic carbocycles.